The lowest BCUT2D eigenvalue weighted by molar-refractivity contribution is -0.398. The van der Waals surface area contributed by atoms with Gasteiger partial charge in [0.15, 0.2) is 30.9 Å². The van der Waals surface area contributed by atoms with E-state index in [0.717, 1.165) is 12.8 Å². The van der Waals surface area contributed by atoms with Gasteiger partial charge in [0.05, 0.1) is 56.4 Å². The molecule has 25 heteroatoms. The molecule has 4 saturated carbocycles. The minimum absolute atomic E-state index is 0.0292. The fourth-order valence-corrected chi connectivity index (χ4v) is 15.6. The van der Waals surface area contributed by atoms with Crippen molar-refractivity contribution in [1.29, 1.82) is 0 Å². The summed E-state index contributed by atoms with van der Waals surface area (Å²) in [4.78, 5) is 0. The molecule has 5 aliphatic heterocycles. The van der Waals surface area contributed by atoms with E-state index in [4.69, 9.17) is 42.6 Å². The quantitative estimate of drug-likeness (QED) is 0.0684. The molecular formula is C51H86O25. The van der Waals surface area contributed by atoms with Crippen molar-refractivity contribution in [3.63, 3.8) is 0 Å². The smallest absolute Gasteiger partial charge is 0.187 e. The number of ether oxygens (including phenoxy) is 9. The summed E-state index contributed by atoms with van der Waals surface area (Å²) in [5, 5.41) is 174. The third-order valence-corrected chi connectivity index (χ3v) is 20.2. The van der Waals surface area contributed by atoms with Crippen molar-refractivity contribution >= 4 is 0 Å². The Bertz CT molecular complexity index is 1940. The second kappa shape index (κ2) is 22.6. The summed E-state index contributed by atoms with van der Waals surface area (Å²) in [5.74, 6) is -1.45. The molecule has 4 aliphatic carbocycles. The van der Waals surface area contributed by atoms with Crippen molar-refractivity contribution in [3.8, 4) is 0 Å². The van der Waals surface area contributed by atoms with Gasteiger partial charge in [-0.2, -0.15) is 0 Å². The average Bonchev–Trinajstić information content (AvgIpc) is 3.84. The second-order valence-electron chi connectivity index (χ2n) is 24.6. The van der Waals surface area contributed by atoms with Crippen LogP contribution < -0.4 is 0 Å². The summed E-state index contributed by atoms with van der Waals surface area (Å²) in [5.41, 5.74) is -2.42. The Morgan fingerprint density at radius 1 is 0.579 bits per heavy atom. The van der Waals surface area contributed by atoms with E-state index in [9.17, 15) is 81.7 Å². The van der Waals surface area contributed by atoms with Gasteiger partial charge in [0.2, 0.25) is 0 Å². The molecule has 16 N–H and O–H groups in total. The zero-order valence-electron chi connectivity index (χ0n) is 43.8. The first-order valence-corrected chi connectivity index (χ1v) is 27.4. The van der Waals surface area contributed by atoms with Gasteiger partial charge in [-0.05, 0) is 86.9 Å². The lowest BCUT2D eigenvalue weighted by Gasteiger charge is -2.65. The van der Waals surface area contributed by atoms with Crippen molar-refractivity contribution in [1.82, 2.24) is 0 Å². The number of aliphatic hydroxyl groups excluding tert-OH is 14. The van der Waals surface area contributed by atoms with E-state index in [1.54, 1.807) is 0 Å². The van der Waals surface area contributed by atoms with Crippen molar-refractivity contribution in [3.05, 3.63) is 0 Å². The lowest BCUT2D eigenvalue weighted by atomic mass is 9.42. The third-order valence-electron chi connectivity index (χ3n) is 20.2. The minimum atomic E-state index is -1.96. The van der Waals surface area contributed by atoms with Gasteiger partial charge in [-0.15, -0.1) is 0 Å². The van der Waals surface area contributed by atoms with Crippen LogP contribution in [0.15, 0.2) is 0 Å². The van der Waals surface area contributed by atoms with Gasteiger partial charge in [0, 0.05) is 24.2 Å². The molecule has 0 spiro atoms. The maximum atomic E-state index is 12.9. The summed E-state index contributed by atoms with van der Waals surface area (Å²) in [6.45, 7) is 7.56. The first kappa shape index (κ1) is 59.6. The van der Waals surface area contributed by atoms with Crippen molar-refractivity contribution < 1.29 is 124 Å². The summed E-state index contributed by atoms with van der Waals surface area (Å²) in [7, 11) is 0. The fourth-order valence-electron chi connectivity index (χ4n) is 15.6. The molecule has 0 unspecified atom stereocenters. The molecule has 0 aromatic rings. The van der Waals surface area contributed by atoms with Gasteiger partial charge in [-0.3, -0.25) is 0 Å². The van der Waals surface area contributed by atoms with Crippen LogP contribution in [0.1, 0.15) is 92.4 Å². The van der Waals surface area contributed by atoms with E-state index in [1.807, 2.05) is 20.8 Å². The number of fused-ring (bicyclic) bond motifs is 7. The van der Waals surface area contributed by atoms with Gasteiger partial charge >= 0.3 is 0 Å². The maximum Gasteiger partial charge on any atom is 0.187 e. The highest BCUT2D eigenvalue weighted by Crippen LogP contribution is 2.71. The molecule has 9 aliphatic rings. The largest absolute Gasteiger partial charge is 0.394 e. The molecule has 0 aromatic carbocycles. The van der Waals surface area contributed by atoms with Crippen LogP contribution >= 0.6 is 0 Å². The monoisotopic (exact) mass is 1100 g/mol. The van der Waals surface area contributed by atoms with Crippen LogP contribution in [-0.4, -0.2) is 261 Å². The SMILES string of the molecule is C[C@H](CC[C@@]1(O)O[C@H]2C[C@H]3[C@@H]4CC[C@@]5(O)C[C@@H](O[C@@H]6O[C@H](CO)[C@@H](O)[C@H](O[C@@H]7O[C@H](CO)[C@H](O)[C@H](O)[C@H]7O)[C@H]6O[C@@H]6O[C@@H](C)[C@H](O)[C@@H](O)[C@H]6O)[C@H](O)C[C@]5(C)[C@H]4CC[C@]3(C)[C@H]2[C@@H]1C)CO[C@@H]1O[C@H](CO)[C@@H](O)[C@H](O)[C@H]1O. The highest BCUT2D eigenvalue weighted by Gasteiger charge is 2.71. The Hall–Kier alpha value is -1.00. The normalized spacial score (nSPS) is 56.8. The number of rotatable bonds is 15. The van der Waals surface area contributed by atoms with E-state index < -0.39 is 172 Å². The molecule has 0 bridgehead atoms. The van der Waals surface area contributed by atoms with Crippen molar-refractivity contribution in [2.45, 2.75) is 245 Å². The Balaban J connectivity index is 0.877. The predicted octanol–water partition coefficient (Wildman–Crippen LogP) is -4.84. The molecule has 25 nitrogen and oxygen atoms in total. The van der Waals surface area contributed by atoms with Crippen LogP contribution in [0.3, 0.4) is 0 Å². The van der Waals surface area contributed by atoms with E-state index >= 15 is 0 Å². The third kappa shape index (κ3) is 10.3. The summed E-state index contributed by atoms with van der Waals surface area (Å²) >= 11 is 0. The van der Waals surface area contributed by atoms with Gasteiger partial charge in [0.25, 0.3) is 0 Å². The molecule has 440 valence electrons. The Kier molecular flexibility index (Phi) is 17.8. The molecule has 0 amide bonds. The minimum Gasteiger partial charge on any atom is -0.394 e. The maximum absolute atomic E-state index is 12.9. The van der Waals surface area contributed by atoms with Crippen LogP contribution in [0, 0.1) is 46.3 Å². The topological polar surface area (TPSA) is 407 Å². The molecule has 0 radical (unpaired) electrons. The first-order valence-electron chi connectivity index (χ1n) is 27.4. The van der Waals surface area contributed by atoms with Crippen LogP contribution in [-0.2, 0) is 42.6 Å². The van der Waals surface area contributed by atoms with Gasteiger partial charge < -0.3 is 124 Å². The summed E-state index contributed by atoms with van der Waals surface area (Å²) in [6, 6.07) is 0. The Morgan fingerprint density at radius 3 is 1.76 bits per heavy atom. The van der Waals surface area contributed by atoms with Gasteiger partial charge in [-0.25, -0.2) is 0 Å². The van der Waals surface area contributed by atoms with Crippen molar-refractivity contribution in [2.75, 3.05) is 26.4 Å². The number of hydrogen-bond donors (Lipinski definition) is 16. The zero-order chi connectivity index (χ0) is 55.3. The Labute approximate surface area is 441 Å². The fraction of sp³-hybridized carbons (Fsp3) is 1.00. The Morgan fingerprint density at radius 2 is 1.13 bits per heavy atom. The summed E-state index contributed by atoms with van der Waals surface area (Å²) < 4.78 is 54.2. The number of aliphatic hydroxyl groups is 16. The second-order valence-corrected chi connectivity index (χ2v) is 24.6. The van der Waals surface area contributed by atoms with Crippen LogP contribution in [0.25, 0.3) is 0 Å². The molecule has 5 heterocycles. The molecule has 9 rings (SSSR count). The molecule has 0 aromatic heterocycles. The lowest BCUT2D eigenvalue weighted by Crippen LogP contribution is -2.68. The first-order chi connectivity index (χ1) is 35.8. The number of hydrogen-bond acceptors (Lipinski definition) is 25. The molecular weight excluding hydrogens is 1010 g/mol. The molecule has 33 atom stereocenters. The summed E-state index contributed by atoms with van der Waals surface area (Å²) in [6.07, 6.45) is -31.0. The molecule has 9 fully saturated rings. The van der Waals surface area contributed by atoms with Gasteiger partial charge in [0.1, 0.15) is 91.6 Å². The standard InChI is InChI=1S/C51H86O25/c1-19(18-68-44-39(63)37(61)33(57)28(15-52)71-44)6-11-51(67)20(2)31-26(76-51)12-24-22-7-10-50(66)14-27(25(55)13-49(50,5)23(22)8-9-48(24,31)4)70-47-43(75-45-40(64)36(60)32(56)21(3)69-45)42(35(59)30(17-54)73-47)74-46-41(65)38(62)34(58)29(16-53)72-46/h19-47,52-67H,6-18H2,1-5H3/t19-,20+,21+,22-,23+,24+,25-,26+,27-,28-,29-,30-,31+,32+,33-,34+,35-,36-,37+,38+,39-,40-,41-,42+,43-,44-,45+,46+,47-,48+,49-,50-,51-/m1/s1. The molecule has 5 saturated heterocycles. The predicted molar refractivity (Wildman–Crippen MR) is 253 cm³/mol. The zero-order valence-corrected chi connectivity index (χ0v) is 43.8. The van der Waals surface area contributed by atoms with E-state index in [2.05, 4.69) is 6.92 Å². The van der Waals surface area contributed by atoms with E-state index in [-0.39, 0.29) is 66.5 Å². The van der Waals surface area contributed by atoms with Crippen molar-refractivity contribution in [2.24, 2.45) is 46.3 Å². The highest BCUT2D eigenvalue weighted by atomic mass is 16.8. The van der Waals surface area contributed by atoms with E-state index in [1.165, 1.54) is 6.92 Å². The van der Waals surface area contributed by atoms with Crippen LogP contribution in [0.5, 0.6) is 0 Å². The van der Waals surface area contributed by atoms with E-state index in [0.29, 0.717) is 32.1 Å². The highest BCUT2D eigenvalue weighted by molar-refractivity contribution is 5.19. The van der Waals surface area contributed by atoms with Crippen LogP contribution in [0.4, 0.5) is 0 Å². The van der Waals surface area contributed by atoms with Gasteiger partial charge in [-0.1, -0.05) is 27.7 Å². The molecule has 76 heavy (non-hydrogen) atoms. The average molecular weight is 1100 g/mol. The van der Waals surface area contributed by atoms with Crippen LogP contribution in [0.2, 0.25) is 0 Å².